The molecule has 0 aliphatic carbocycles. The normalized spacial score (nSPS) is 12.2. The van der Waals surface area contributed by atoms with Crippen molar-refractivity contribution in [2.45, 2.75) is 40.5 Å². The Labute approximate surface area is 119 Å². The summed E-state index contributed by atoms with van der Waals surface area (Å²) >= 11 is 0. The third-order valence-corrected chi connectivity index (χ3v) is 3.49. The van der Waals surface area contributed by atoms with E-state index in [2.05, 4.69) is 0 Å². The van der Waals surface area contributed by atoms with E-state index < -0.39 is 22.8 Å². The summed E-state index contributed by atoms with van der Waals surface area (Å²) in [6.07, 6.45) is 0.600. The number of carboxylic acids is 2. The topological polar surface area (TPSA) is 80.3 Å². The molecule has 0 atom stereocenters. The molecule has 4 nitrogen and oxygen atoms in total. The molecule has 0 unspecified atom stereocenters. The first-order chi connectivity index (χ1) is 9.06. The van der Waals surface area contributed by atoms with E-state index >= 15 is 0 Å². The largest absolute Gasteiger partial charge is 0.550 e. The van der Waals surface area contributed by atoms with Crippen molar-refractivity contribution >= 4 is 11.9 Å². The van der Waals surface area contributed by atoms with Gasteiger partial charge >= 0.3 is 0 Å². The van der Waals surface area contributed by atoms with Crippen LogP contribution in [0.15, 0.2) is 24.3 Å². The summed E-state index contributed by atoms with van der Waals surface area (Å²) in [5.41, 5.74) is -0.337. The first-order valence-corrected chi connectivity index (χ1v) is 6.56. The first kappa shape index (κ1) is 16.2. The second-order valence-corrected chi connectivity index (χ2v) is 6.46. The van der Waals surface area contributed by atoms with Crippen molar-refractivity contribution in [3.63, 3.8) is 0 Å². The van der Waals surface area contributed by atoms with Gasteiger partial charge in [-0.15, -0.1) is 0 Å². The van der Waals surface area contributed by atoms with Gasteiger partial charge in [-0.3, -0.25) is 0 Å². The Morgan fingerprint density at radius 3 is 1.40 bits per heavy atom. The van der Waals surface area contributed by atoms with Gasteiger partial charge in [0.1, 0.15) is 0 Å². The lowest BCUT2D eigenvalue weighted by Gasteiger charge is -2.30. The molecule has 0 bridgehead atoms. The lowest BCUT2D eigenvalue weighted by molar-refractivity contribution is -0.318. The van der Waals surface area contributed by atoms with Crippen LogP contribution in [0.3, 0.4) is 0 Å². The predicted molar refractivity (Wildman–Crippen MR) is 71.4 cm³/mol. The molecule has 0 fully saturated rings. The molecule has 0 heterocycles. The summed E-state index contributed by atoms with van der Waals surface area (Å²) < 4.78 is 0. The highest BCUT2D eigenvalue weighted by atomic mass is 16.4. The summed E-state index contributed by atoms with van der Waals surface area (Å²) in [6.45, 7) is 6.40. The minimum Gasteiger partial charge on any atom is -0.550 e. The standard InChI is InChI=1S/C16H22O4/c1-15(2,13(17)18)9-11-7-5-6-8-12(11)10-16(3,4)14(19)20/h5-8H,9-10H2,1-4H3,(H,17,18)(H,19,20)/p-2. The fourth-order valence-corrected chi connectivity index (χ4v) is 2.00. The third kappa shape index (κ3) is 3.83. The van der Waals surface area contributed by atoms with Crippen molar-refractivity contribution in [3.05, 3.63) is 35.4 Å². The molecule has 4 heteroatoms. The number of carbonyl (C=O) groups excluding carboxylic acids is 2. The third-order valence-electron chi connectivity index (χ3n) is 3.49. The smallest absolute Gasteiger partial charge is 0.0474 e. The van der Waals surface area contributed by atoms with Crippen LogP contribution in [0.2, 0.25) is 0 Å². The molecule has 0 N–H and O–H groups in total. The number of carboxylic acid groups (broad SMARTS) is 2. The van der Waals surface area contributed by atoms with Crippen LogP contribution in [0.1, 0.15) is 38.8 Å². The van der Waals surface area contributed by atoms with Gasteiger partial charge in [-0.2, -0.15) is 0 Å². The molecule has 1 rings (SSSR count). The van der Waals surface area contributed by atoms with Crippen molar-refractivity contribution in [1.29, 1.82) is 0 Å². The van der Waals surface area contributed by atoms with E-state index in [4.69, 9.17) is 0 Å². The van der Waals surface area contributed by atoms with Crippen LogP contribution in [0, 0.1) is 10.8 Å². The zero-order valence-electron chi connectivity index (χ0n) is 12.4. The van der Waals surface area contributed by atoms with Crippen molar-refractivity contribution in [3.8, 4) is 0 Å². The summed E-state index contributed by atoms with van der Waals surface area (Å²) in [7, 11) is 0. The van der Waals surface area contributed by atoms with E-state index in [1.54, 1.807) is 27.7 Å². The van der Waals surface area contributed by atoms with E-state index in [-0.39, 0.29) is 0 Å². The van der Waals surface area contributed by atoms with Gasteiger partial charge in [0.15, 0.2) is 0 Å². The van der Waals surface area contributed by atoms with Crippen molar-refractivity contribution in [2.75, 3.05) is 0 Å². The molecule has 0 radical (unpaired) electrons. The zero-order valence-corrected chi connectivity index (χ0v) is 12.4. The van der Waals surface area contributed by atoms with Crippen LogP contribution >= 0.6 is 0 Å². The molecule has 1 aromatic carbocycles. The molecule has 0 saturated carbocycles. The molecule has 0 saturated heterocycles. The summed E-state index contributed by atoms with van der Waals surface area (Å²) in [5.74, 6) is -2.24. The SMILES string of the molecule is CC(C)(Cc1ccccc1CC(C)(C)C(=O)[O-])C(=O)[O-]. The molecule has 0 amide bonds. The van der Waals surface area contributed by atoms with E-state index in [1.165, 1.54) is 0 Å². The van der Waals surface area contributed by atoms with E-state index in [0.717, 1.165) is 11.1 Å². The highest BCUT2D eigenvalue weighted by Gasteiger charge is 2.25. The van der Waals surface area contributed by atoms with E-state index in [9.17, 15) is 19.8 Å². The van der Waals surface area contributed by atoms with Crippen LogP contribution in [0.25, 0.3) is 0 Å². The van der Waals surface area contributed by atoms with Gasteiger partial charge in [-0.05, 0) is 24.0 Å². The fourth-order valence-electron chi connectivity index (χ4n) is 2.00. The van der Waals surface area contributed by atoms with Gasteiger partial charge in [-0.1, -0.05) is 52.0 Å². The number of carbonyl (C=O) groups is 2. The Balaban J connectivity index is 3.06. The Morgan fingerprint density at radius 1 is 0.850 bits per heavy atom. The quantitative estimate of drug-likeness (QED) is 0.749. The molecule has 0 spiro atoms. The highest BCUT2D eigenvalue weighted by Crippen LogP contribution is 2.28. The molecule has 0 aliphatic rings. The Hall–Kier alpha value is -1.84. The molecule has 0 aromatic heterocycles. The molecule has 1 aromatic rings. The maximum Gasteiger partial charge on any atom is 0.0474 e. The van der Waals surface area contributed by atoms with Crippen molar-refractivity contribution < 1.29 is 19.8 Å². The van der Waals surface area contributed by atoms with Gasteiger partial charge in [0.25, 0.3) is 0 Å². The van der Waals surface area contributed by atoms with Gasteiger partial charge in [0.05, 0.1) is 0 Å². The predicted octanol–water partition coefficient (Wildman–Crippen LogP) is 0.324. The van der Waals surface area contributed by atoms with Crippen LogP contribution in [0.5, 0.6) is 0 Å². The second kappa shape index (κ2) is 5.65. The van der Waals surface area contributed by atoms with Gasteiger partial charge < -0.3 is 19.8 Å². The first-order valence-electron chi connectivity index (χ1n) is 6.56. The zero-order chi connectivity index (χ0) is 15.6. The van der Waals surface area contributed by atoms with E-state index in [1.807, 2.05) is 24.3 Å². The van der Waals surface area contributed by atoms with Crippen LogP contribution in [-0.4, -0.2) is 11.9 Å². The van der Waals surface area contributed by atoms with Crippen LogP contribution in [0.4, 0.5) is 0 Å². The summed E-state index contributed by atoms with van der Waals surface area (Å²) in [6, 6.07) is 7.28. The lowest BCUT2D eigenvalue weighted by Crippen LogP contribution is -2.41. The van der Waals surface area contributed by atoms with Gasteiger partial charge in [0, 0.05) is 22.8 Å². The number of aliphatic carboxylic acids is 2. The summed E-state index contributed by atoms with van der Waals surface area (Å²) in [5, 5.41) is 22.2. The Kier molecular flexibility index (Phi) is 4.58. The number of hydrogen-bond acceptors (Lipinski definition) is 4. The minimum atomic E-state index is -1.12. The van der Waals surface area contributed by atoms with Crippen LogP contribution < -0.4 is 10.2 Å². The molecular weight excluding hydrogens is 256 g/mol. The number of hydrogen-bond donors (Lipinski definition) is 0. The molecular formula is C16H20O4-2. The monoisotopic (exact) mass is 276 g/mol. The molecule has 110 valence electrons. The Morgan fingerprint density at radius 2 is 1.15 bits per heavy atom. The Bertz CT molecular complexity index is 468. The lowest BCUT2D eigenvalue weighted by atomic mass is 9.79. The average molecular weight is 276 g/mol. The summed E-state index contributed by atoms with van der Waals surface area (Å²) in [4.78, 5) is 22.2. The minimum absolute atomic E-state index is 0.300. The maximum absolute atomic E-state index is 11.1. The average Bonchev–Trinajstić information content (AvgIpc) is 2.30. The number of benzene rings is 1. The van der Waals surface area contributed by atoms with Gasteiger partial charge in [-0.25, -0.2) is 0 Å². The molecule has 0 aliphatic heterocycles. The molecule has 20 heavy (non-hydrogen) atoms. The number of rotatable bonds is 6. The van der Waals surface area contributed by atoms with Crippen molar-refractivity contribution in [1.82, 2.24) is 0 Å². The highest BCUT2D eigenvalue weighted by molar-refractivity contribution is 5.73. The second-order valence-electron chi connectivity index (χ2n) is 6.46. The van der Waals surface area contributed by atoms with Crippen LogP contribution in [-0.2, 0) is 22.4 Å². The van der Waals surface area contributed by atoms with Gasteiger partial charge in [0.2, 0.25) is 0 Å². The maximum atomic E-state index is 11.1. The fraction of sp³-hybridized carbons (Fsp3) is 0.500. The van der Waals surface area contributed by atoms with Crippen molar-refractivity contribution in [2.24, 2.45) is 10.8 Å². The van der Waals surface area contributed by atoms with E-state index in [0.29, 0.717) is 12.8 Å².